The fourth-order valence-corrected chi connectivity index (χ4v) is 4.29. The molecule has 2 aromatic rings. The van der Waals surface area contributed by atoms with Gasteiger partial charge in [-0.1, -0.05) is 6.07 Å². The van der Waals surface area contributed by atoms with Crippen LogP contribution in [0.25, 0.3) is 11.3 Å². The number of imidazole rings is 1. The predicted molar refractivity (Wildman–Crippen MR) is 106 cm³/mol. The van der Waals surface area contributed by atoms with Gasteiger partial charge < -0.3 is 14.2 Å². The maximum absolute atomic E-state index is 5.47. The fraction of sp³-hybridized carbons (Fsp3) is 0.571. The lowest BCUT2D eigenvalue weighted by Crippen LogP contribution is -2.39. The smallest absolute Gasteiger partial charge is 0.0953 e. The summed E-state index contributed by atoms with van der Waals surface area (Å²) in [5.41, 5.74) is 5.40. The Balaban J connectivity index is 1.56. The molecule has 4 rings (SSSR count). The molecule has 1 saturated heterocycles. The molecule has 1 fully saturated rings. The fourth-order valence-electron chi connectivity index (χ4n) is 4.29. The average Bonchev–Trinajstić information content (AvgIpc) is 3.18. The molecule has 0 spiro atoms. The Kier molecular flexibility index (Phi) is 5.27. The maximum Gasteiger partial charge on any atom is 0.0953 e. The Morgan fingerprint density at radius 1 is 1.19 bits per heavy atom. The van der Waals surface area contributed by atoms with Crippen LogP contribution in [-0.4, -0.2) is 60.4 Å². The minimum Gasteiger partial charge on any atom is -0.379 e. The first-order valence-corrected chi connectivity index (χ1v) is 9.96. The van der Waals surface area contributed by atoms with E-state index in [9.17, 15) is 0 Å². The molecule has 0 N–H and O–H groups in total. The van der Waals surface area contributed by atoms with Crippen LogP contribution in [0.15, 0.2) is 30.7 Å². The highest BCUT2D eigenvalue weighted by Gasteiger charge is 2.19. The van der Waals surface area contributed by atoms with Gasteiger partial charge in [0.1, 0.15) is 0 Å². The SMILES string of the molecule is CCN1CCCc2cc(-c3cncn3[C@@H](C)CN3CCOCC3)ccc21. The molecule has 26 heavy (non-hydrogen) atoms. The van der Waals surface area contributed by atoms with Gasteiger partial charge in [0.2, 0.25) is 0 Å². The Morgan fingerprint density at radius 2 is 2.04 bits per heavy atom. The number of nitrogens with zero attached hydrogens (tertiary/aromatic N) is 4. The molecular weight excluding hydrogens is 324 g/mol. The van der Waals surface area contributed by atoms with Crippen molar-refractivity contribution in [2.24, 2.45) is 0 Å². The zero-order chi connectivity index (χ0) is 17.9. The van der Waals surface area contributed by atoms with Gasteiger partial charge in [0.05, 0.1) is 31.4 Å². The molecule has 1 atom stereocenters. The lowest BCUT2D eigenvalue weighted by atomic mass is 9.98. The quantitative estimate of drug-likeness (QED) is 0.826. The van der Waals surface area contributed by atoms with E-state index in [-0.39, 0.29) is 0 Å². The second-order valence-corrected chi connectivity index (χ2v) is 7.47. The minimum absolute atomic E-state index is 0.397. The normalized spacial score (nSPS) is 19.4. The maximum atomic E-state index is 5.47. The number of benzene rings is 1. The number of hydrogen-bond donors (Lipinski definition) is 0. The molecule has 2 aliphatic heterocycles. The summed E-state index contributed by atoms with van der Waals surface area (Å²) in [4.78, 5) is 9.44. The van der Waals surface area contributed by atoms with Crippen molar-refractivity contribution in [3.05, 3.63) is 36.3 Å². The number of anilines is 1. The van der Waals surface area contributed by atoms with E-state index < -0.39 is 0 Å². The van der Waals surface area contributed by atoms with Gasteiger partial charge in [-0.25, -0.2) is 4.98 Å². The molecule has 1 aromatic heterocycles. The topological polar surface area (TPSA) is 33.5 Å². The molecule has 0 aliphatic carbocycles. The van der Waals surface area contributed by atoms with Crippen molar-refractivity contribution in [1.82, 2.24) is 14.5 Å². The average molecular weight is 354 g/mol. The number of aromatic nitrogens is 2. The van der Waals surface area contributed by atoms with Gasteiger partial charge >= 0.3 is 0 Å². The van der Waals surface area contributed by atoms with E-state index in [4.69, 9.17) is 4.74 Å². The summed E-state index contributed by atoms with van der Waals surface area (Å²) < 4.78 is 7.80. The largest absolute Gasteiger partial charge is 0.379 e. The second kappa shape index (κ2) is 7.80. The van der Waals surface area contributed by atoms with E-state index in [1.54, 1.807) is 0 Å². The number of ether oxygens (including phenoxy) is 1. The minimum atomic E-state index is 0.397. The summed E-state index contributed by atoms with van der Waals surface area (Å²) in [5, 5.41) is 0. The van der Waals surface area contributed by atoms with E-state index in [0.29, 0.717) is 6.04 Å². The molecule has 0 unspecified atom stereocenters. The van der Waals surface area contributed by atoms with Crippen LogP contribution in [0, 0.1) is 0 Å². The summed E-state index contributed by atoms with van der Waals surface area (Å²) >= 11 is 0. The Morgan fingerprint density at radius 3 is 2.85 bits per heavy atom. The van der Waals surface area contributed by atoms with E-state index >= 15 is 0 Å². The third-order valence-electron chi connectivity index (χ3n) is 5.74. The van der Waals surface area contributed by atoms with Crippen molar-refractivity contribution in [1.29, 1.82) is 0 Å². The number of aryl methyl sites for hydroxylation is 1. The molecule has 0 amide bonds. The van der Waals surface area contributed by atoms with Crippen molar-refractivity contribution >= 4 is 5.69 Å². The number of fused-ring (bicyclic) bond motifs is 1. The highest BCUT2D eigenvalue weighted by molar-refractivity contribution is 5.67. The van der Waals surface area contributed by atoms with Gasteiger partial charge in [-0.3, -0.25) is 4.90 Å². The molecular formula is C21H30N4O. The monoisotopic (exact) mass is 354 g/mol. The molecule has 5 nitrogen and oxygen atoms in total. The molecule has 2 aliphatic rings. The van der Waals surface area contributed by atoms with Gasteiger partial charge in [0.25, 0.3) is 0 Å². The molecule has 3 heterocycles. The van der Waals surface area contributed by atoms with Crippen molar-refractivity contribution in [2.75, 3.05) is 50.8 Å². The first-order valence-electron chi connectivity index (χ1n) is 9.96. The third-order valence-corrected chi connectivity index (χ3v) is 5.74. The summed E-state index contributed by atoms with van der Waals surface area (Å²) in [6.07, 6.45) is 6.42. The van der Waals surface area contributed by atoms with Crippen LogP contribution >= 0.6 is 0 Å². The van der Waals surface area contributed by atoms with Crippen molar-refractivity contribution in [2.45, 2.75) is 32.7 Å². The third kappa shape index (κ3) is 3.51. The molecule has 140 valence electrons. The molecule has 0 bridgehead atoms. The van der Waals surface area contributed by atoms with Crippen molar-refractivity contribution in [3.63, 3.8) is 0 Å². The van der Waals surface area contributed by atoms with Crippen LogP contribution in [0.4, 0.5) is 5.69 Å². The van der Waals surface area contributed by atoms with E-state index in [0.717, 1.165) is 39.4 Å². The van der Waals surface area contributed by atoms with Crippen LogP contribution in [0.2, 0.25) is 0 Å². The summed E-state index contributed by atoms with van der Waals surface area (Å²) in [6.45, 7) is 11.6. The highest BCUT2D eigenvalue weighted by atomic mass is 16.5. The lowest BCUT2D eigenvalue weighted by molar-refractivity contribution is 0.0326. The van der Waals surface area contributed by atoms with E-state index in [1.807, 2.05) is 12.5 Å². The van der Waals surface area contributed by atoms with Crippen molar-refractivity contribution in [3.8, 4) is 11.3 Å². The van der Waals surface area contributed by atoms with Crippen LogP contribution < -0.4 is 4.90 Å². The van der Waals surface area contributed by atoms with Gasteiger partial charge in [0, 0.05) is 50.0 Å². The first kappa shape index (κ1) is 17.6. The standard InChI is InChI=1S/C21H30N4O/c1-3-24-8-4-5-18-13-19(6-7-20(18)24)21-14-22-16-25(21)17(2)15-23-9-11-26-12-10-23/h6-7,13-14,16-17H,3-5,8-12,15H2,1-2H3/t17-/m0/s1. The summed E-state index contributed by atoms with van der Waals surface area (Å²) in [5.74, 6) is 0. The van der Waals surface area contributed by atoms with Gasteiger partial charge in [-0.05, 0) is 44.4 Å². The number of morpholine rings is 1. The number of rotatable bonds is 5. The molecule has 1 aromatic carbocycles. The zero-order valence-corrected chi connectivity index (χ0v) is 16.0. The van der Waals surface area contributed by atoms with E-state index in [1.165, 1.54) is 41.9 Å². The summed E-state index contributed by atoms with van der Waals surface area (Å²) in [7, 11) is 0. The van der Waals surface area contributed by atoms with Crippen LogP contribution in [0.1, 0.15) is 31.9 Å². The van der Waals surface area contributed by atoms with Crippen molar-refractivity contribution < 1.29 is 4.74 Å². The van der Waals surface area contributed by atoms with E-state index in [2.05, 4.69) is 51.4 Å². The highest BCUT2D eigenvalue weighted by Crippen LogP contribution is 2.32. The number of hydrogen-bond acceptors (Lipinski definition) is 4. The molecule has 0 saturated carbocycles. The zero-order valence-electron chi connectivity index (χ0n) is 16.0. The Hall–Kier alpha value is -1.85. The predicted octanol–water partition coefficient (Wildman–Crippen LogP) is 3.22. The Labute approximate surface area is 156 Å². The first-order chi connectivity index (χ1) is 12.8. The van der Waals surface area contributed by atoms with Gasteiger partial charge in [0.15, 0.2) is 0 Å². The second-order valence-electron chi connectivity index (χ2n) is 7.47. The lowest BCUT2D eigenvalue weighted by Gasteiger charge is -2.31. The summed E-state index contributed by atoms with van der Waals surface area (Å²) in [6, 6.07) is 7.35. The van der Waals surface area contributed by atoms with Gasteiger partial charge in [-0.2, -0.15) is 0 Å². The molecule has 5 heteroatoms. The molecule has 0 radical (unpaired) electrons. The van der Waals surface area contributed by atoms with Crippen LogP contribution in [-0.2, 0) is 11.2 Å². The van der Waals surface area contributed by atoms with Crippen LogP contribution in [0.5, 0.6) is 0 Å². The Bertz CT molecular complexity index is 735. The van der Waals surface area contributed by atoms with Gasteiger partial charge in [-0.15, -0.1) is 0 Å². The van der Waals surface area contributed by atoms with Crippen LogP contribution in [0.3, 0.4) is 0 Å².